The molecule has 1 aliphatic rings. The first-order chi connectivity index (χ1) is 12.6. The van der Waals surface area contributed by atoms with Crippen molar-refractivity contribution in [3.8, 4) is 0 Å². The molecule has 0 fully saturated rings. The van der Waals surface area contributed by atoms with Gasteiger partial charge in [-0.05, 0) is 53.1 Å². The van der Waals surface area contributed by atoms with Crippen LogP contribution in [-0.2, 0) is 11.2 Å². The molecule has 4 rings (SSSR count). The lowest BCUT2D eigenvalue weighted by molar-refractivity contribution is -0.117. The topological polar surface area (TPSA) is 32.3 Å². The van der Waals surface area contributed by atoms with Gasteiger partial charge in [0.1, 0.15) is 0 Å². The van der Waals surface area contributed by atoms with Crippen molar-refractivity contribution in [2.45, 2.75) is 12.5 Å². The van der Waals surface area contributed by atoms with Crippen LogP contribution in [0.5, 0.6) is 0 Å². The van der Waals surface area contributed by atoms with Crippen molar-refractivity contribution in [1.29, 1.82) is 0 Å². The minimum atomic E-state index is -0.0746. The van der Waals surface area contributed by atoms with Crippen molar-refractivity contribution in [3.05, 3.63) is 72.5 Å². The molecule has 7 heteroatoms. The lowest BCUT2D eigenvalue weighted by atomic mass is 9.98. The van der Waals surface area contributed by atoms with E-state index in [-0.39, 0.29) is 11.9 Å². The Kier molecular flexibility index (Phi) is 5.34. The average molecular weight is 423 g/mol. The summed E-state index contributed by atoms with van der Waals surface area (Å²) in [5, 5.41) is 8.12. The summed E-state index contributed by atoms with van der Waals surface area (Å²) in [6.07, 6.45) is 0.976. The fraction of sp³-hybridized carbons (Fsp3) is 0.211. The lowest BCUT2D eigenvalue weighted by Crippen LogP contribution is -2.40. The van der Waals surface area contributed by atoms with E-state index in [0.717, 1.165) is 13.0 Å². The van der Waals surface area contributed by atoms with Gasteiger partial charge in [0, 0.05) is 21.3 Å². The molecule has 1 N–H and O–H groups in total. The fourth-order valence-electron chi connectivity index (χ4n) is 3.28. The zero-order valence-electron chi connectivity index (χ0n) is 13.7. The number of anilines is 1. The average Bonchev–Trinajstić information content (AvgIpc) is 3.28. The molecule has 0 bridgehead atoms. The number of fused-ring (bicyclic) bond motifs is 1. The highest BCUT2D eigenvalue weighted by Gasteiger charge is 2.31. The zero-order valence-corrected chi connectivity index (χ0v) is 16.9. The predicted molar refractivity (Wildman–Crippen MR) is 111 cm³/mol. The minimum Gasteiger partial charge on any atom is -0.324 e. The molecule has 1 amide bonds. The molecule has 1 aromatic carbocycles. The van der Waals surface area contributed by atoms with Gasteiger partial charge in [-0.25, -0.2) is 0 Å². The third kappa shape index (κ3) is 3.68. The number of hydrogen-bond donors (Lipinski definition) is 1. The summed E-state index contributed by atoms with van der Waals surface area (Å²) in [5.41, 5.74) is 1.91. The summed E-state index contributed by atoms with van der Waals surface area (Å²) in [5.74, 6) is -0.0746. The van der Waals surface area contributed by atoms with Crippen LogP contribution in [0.2, 0.25) is 10.0 Å². The smallest absolute Gasteiger partial charge is 0.238 e. The molecular formula is C19H16Cl2N2OS2. The Morgan fingerprint density at radius 2 is 2.08 bits per heavy atom. The Hall–Kier alpha value is -1.37. The molecule has 3 heterocycles. The van der Waals surface area contributed by atoms with Crippen LogP contribution in [-0.4, -0.2) is 23.9 Å². The number of carbonyl (C=O) groups is 1. The van der Waals surface area contributed by atoms with E-state index in [9.17, 15) is 4.79 Å². The summed E-state index contributed by atoms with van der Waals surface area (Å²) in [6, 6.07) is 11.6. The van der Waals surface area contributed by atoms with E-state index in [1.807, 2.05) is 0 Å². The van der Waals surface area contributed by atoms with Gasteiger partial charge in [0.25, 0.3) is 0 Å². The quantitative estimate of drug-likeness (QED) is 0.584. The molecule has 0 spiro atoms. The Labute approximate surface area is 170 Å². The van der Waals surface area contributed by atoms with Crippen LogP contribution in [0, 0.1) is 0 Å². The summed E-state index contributed by atoms with van der Waals surface area (Å²) >= 11 is 15.6. The second-order valence-electron chi connectivity index (χ2n) is 6.11. The van der Waals surface area contributed by atoms with E-state index < -0.39 is 0 Å². The van der Waals surface area contributed by atoms with Crippen molar-refractivity contribution in [3.63, 3.8) is 0 Å². The first kappa shape index (κ1) is 18.0. The number of nitrogens with zero attached hydrogens (tertiary/aromatic N) is 1. The molecule has 134 valence electrons. The Morgan fingerprint density at radius 3 is 2.85 bits per heavy atom. The zero-order chi connectivity index (χ0) is 18.1. The van der Waals surface area contributed by atoms with Crippen molar-refractivity contribution < 1.29 is 4.79 Å². The van der Waals surface area contributed by atoms with Crippen LogP contribution < -0.4 is 5.32 Å². The van der Waals surface area contributed by atoms with Crippen LogP contribution in [0.15, 0.2) is 47.2 Å². The number of rotatable bonds is 4. The molecular weight excluding hydrogens is 407 g/mol. The standard InChI is InChI=1S/C19H16Cl2N2OS2/c20-12-3-4-15(14(21)10-12)22-18(24)11-23-7-5-16-13(6-9-26-16)19(23)17-2-1-8-25-17/h1-4,6,8-10,19H,5,7,11H2,(H,22,24)/t19-/m0/s1. The largest absolute Gasteiger partial charge is 0.324 e. The summed E-state index contributed by atoms with van der Waals surface area (Å²) in [6.45, 7) is 1.18. The lowest BCUT2D eigenvalue weighted by Gasteiger charge is -2.34. The Morgan fingerprint density at radius 1 is 1.19 bits per heavy atom. The van der Waals surface area contributed by atoms with Gasteiger partial charge >= 0.3 is 0 Å². The maximum absolute atomic E-state index is 12.6. The van der Waals surface area contributed by atoms with E-state index in [2.05, 4.69) is 39.2 Å². The molecule has 0 saturated heterocycles. The normalized spacial score (nSPS) is 17.1. The maximum Gasteiger partial charge on any atom is 0.238 e. The molecule has 3 nitrogen and oxygen atoms in total. The Bertz CT molecular complexity index is 924. The number of carbonyl (C=O) groups excluding carboxylic acids is 1. The molecule has 1 atom stereocenters. The summed E-state index contributed by atoms with van der Waals surface area (Å²) in [7, 11) is 0. The number of benzene rings is 1. The summed E-state index contributed by atoms with van der Waals surface area (Å²) in [4.78, 5) is 17.6. The predicted octanol–water partition coefficient (Wildman–Crippen LogP) is 5.70. The van der Waals surface area contributed by atoms with Gasteiger partial charge in [0.05, 0.1) is 23.3 Å². The van der Waals surface area contributed by atoms with Crippen LogP contribution in [0.4, 0.5) is 5.69 Å². The second-order valence-corrected chi connectivity index (χ2v) is 8.93. The van der Waals surface area contributed by atoms with Gasteiger partial charge in [0.15, 0.2) is 0 Å². The monoisotopic (exact) mass is 422 g/mol. The van der Waals surface area contributed by atoms with Crippen LogP contribution >= 0.6 is 45.9 Å². The van der Waals surface area contributed by atoms with Crippen molar-refractivity contribution in [2.24, 2.45) is 0 Å². The molecule has 0 radical (unpaired) electrons. The second kappa shape index (κ2) is 7.71. The van der Waals surface area contributed by atoms with Crippen LogP contribution in [0.3, 0.4) is 0 Å². The van der Waals surface area contributed by atoms with Gasteiger partial charge in [-0.3, -0.25) is 9.69 Å². The number of halogens is 2. The molecule has 0 saturated carbocycles. The van der Waals surface area contributed by atoms with Gasteiger partial charge in [-0.2, -0.15) is 0 Å². The van der Waals surface area contributed by atoms with E-state index in [1.54, 1.807) is 40.9 Å². The highest BCUT2D eigenvalue weighted by molar-refractivity contribution is 7.10. The van der Waals surface area contributed by atoms with Crippen molar-refractivity contribution >= 4 is 57.5 Å². The van der Waals surface area contributed by atoms with E-state index in [1.165, 1.54) is 15.3 Å². The van der Waals surface area contributed by atoms with Crippen molar-refractivity contribution in [2.75, 3.05) is 18.4 Å². The highest BCUT2D eigenvalue weighted by Crippen LogP contribution is 2.39. The SMILES string of the molecule is O=C(CN1CCc2sccc2[C@H]1c1cccs1)Nc1ccc(Cl)cc1Cl. The van der Waals surface area contributed by atoms with Gasteiger partial charge in [-0.15, -0.1) is 22.7 Å². The molecule has 26 heavy (non-hydrogen) atoms. The third-order valence-electron chi connectivity index (χ3n) is 4.43. The van der Waals surface area contributed by atoms with Crippen molar-refractivity contribution in [1.82, 2.24) is 4.90 Å². The molecule has 3 aromatic rings. The summed E-state index contributed by atoms with van der Waals surface area (Å²) < 4.78 is 0. The van der Waals surface area contributed by atoms with E-state index in [0.29, 0.717) is 22.3 Å². The first-order valence-electron chi connectivity index (χ1n) is 8.20. The third-order valence-corrected chi connectivity index (χ3v) is 6.90. The number of thiophene rings is 2. The van der Waals surface area contributed by atoms with E-state index >= 15 is 0 Å². The maximum atomic E-state index is 12.6. The van der Waals surface area contributed by atoms with E-state index in [4.69, 9.17) is 23.2 Å². The molecule has 0 unspecified atom stereocenters. The number of hydrogen-bond acceptors (Lipinski definition) is 4. The first-order valence-corrected chi connectivity index (χ1v) is 10.7. The van der Waals surface area contributed by atoms with Crippen LogP contribution in [0.1, 0.15) is 21.4 Å². The van der Waals surface area contributed by atoms with Gasteiger partial charge in [0.2, 0.25) is 5.91 Å². The number of amides is 1. The fourth-order valence-corrected chi connectivity index (χ4v) is 5.52. The van der Waals surface area contributed by atoms with Gasteiger partial charge in [-0.1, -0.05) is 29.3 Å². The minimum absolute atomic E-state index is 0.0746. The molecule has 0 aliphatic carbocycles. The van der Waals surface area contributed by atoms with Crippen LogP contribution in [0.25, 0.3) is 0 Å². The molecule has 1 aliphatic heterocycles. The highest BCUT2D eigenvalue weighted by atomic mass is 35.5. The Balaban J connectivity index is 1.54. The number of nitrogens with one attached hydrogen (secondary N) is 1. The molecule has 2 aromatic heterocycles. The van der Waals surface area contributed by atoms with Gasteiger partial charge < -0.3 is 5.32 Å².